The van der Waals surface area contributed by atoms with Crippen molar-refractivity contribution in [3.8, 4) is 5.75 Å². The molecule has 0 saturated heterocycles. The lowest BCUT2D eigenvalue weighted by molar-refractivity contribution is -0.137. The van der Waals surface area contributed by atoms with Crippen molar-refractivity contribution in [3.05, 3.63) is 102 Å². The molecule has 0 bridgehead atoms. The number of amidine groups is 2. The fraction of sp³-hybridized carbons (Fsp3) is 0.0800. The predicted octanol–water partition coefficient (Wildman–Crippen LogP) is 4.67. The third kappa shape index (κ3) is 5.63. The van der Waals surface area contributed by atoms with Gasteiger partial charge in [0.1, 0.15) is 5.75 Å². The normalized spacial score (nSPS) is 14.7. The Morgan fingerprint density at radius 2 is 1.86 bits per heavy atom. The second-order valence-electron chi connectivity index (χ2n) is 7.45. The van der Waals surface area contributed by atoms with Gasteiger partial charge in [0.15, 0.2) is 11.7 Å². The minimum atomic E-state index is -4.56. The number of anilines is 1. The smallest absolute Gasteiger partial charge is 0.416 e. The molecule has 0 unspecified atom stereocenters. The molecule has 4 rings (SSSR count). The summed E-state index contributed by atoms with van der Waals surface area (Å²) in [6.45, 7) is 0. The number of amides is 1. The molecule has 3 aromatic rings. The summed E-state index contributed by atoms with van der Waals surface area (Å²) >= 11 is 0. The van der Waals surface area contributed by atoms with Crippen molar-refractivity contribution in [2.75, 3.05) is 12.4 Å². The molecule has 2 heterocycles. The lowest BCUT2D eigenvalue weighted by atomic mass is 10.1. The van der Waals surface area contributed by atoms with Crippen molar-refractivity contribution in [3.63, 3.8) is 0 Å². The molecule has 0 radical (unpaired) electrons. The van der Waals surface area contributed by atoms with E-state index in [4.69, 9.17) is 10.1 Å². The maximum absolute atomic E-state index is 13.0. The van der Waals surface area contributed by atoms with E-state index < -0.39 is 17.6 Å². The molecule has 0 aliphatic carbocycles. The third-order valence-electron chi connectivity index (χ3n) is 4.88. The van der Waals surface area contributed by atoms with Crippen LogP contribution in [0.3, 0.4) is 0 Å². The first kappa shape index (κ1) is 24.3. The first-order chi connectivity index (χ1) is 17.2. The number of nitrogens with zero attached hydrogens (tertiary/aromatic N) is 3. The van der Waals surface area contributed by atoms with E-state index in [0.29, 0.717) is 16.8 Å². The summed E-state index contributed by atoms with van der Waals surface area (Å²) in [5.74, 6) is -0.188. The number of carbonyl (C=O) groups is 1. The van der Waals surface area contributed by atoms with Crippen LogP contribution in [-0.4, -0.2) is 35.5 Å². The van der Waals surface area contributed by atoms with Crippen LogP contribution in [0.2, 0.25) is 0 Å². The third-order valence-corrected chi connectivity index (χ3v) is 4.88. The van der Waals surface area contributed by atoms with Crippen LogP contribution in [-0.2, 0) is 6.18 Å². The van der Waals surface area contributed by atoms with E-state index in [1.54, 1.807) is 49.8 Å². The molecule has 1 aliphatic rings. The van der Waals surface area contributed by atoms with Gasteiger partial charge in [-0.3, -0.25) is 15.2 Å². The number of ether oxygens (including phenoxy) is 1. The summed E-state index contributed by atoms with van der Waals surface area (Å²) in [6.07, 6.45) is 0.119. The first-order valence-corrected chi connectivity index (χ1v) is 10.6. The van der Waals surface area contributed by atoms with Crippen LogP contribution < -0.4 is 15.4 Å². The maximum atomic E-state index is 13.0. The number of nitrogens with one attached hydrogen (secondary N) is 3. The van der Waals surface area contributed by atoms with Gasteiger partial charge >= 0.3 is 6.18 Å². The van der Waals surface area contributed by atoms with E-state index in [1.165, 1.54) is 24.4 Å². The van der Waals surface area contributed by atoms with Gasteiger partial charge < -0.3 is 15.4 Å². The van der Waals surface area contributed by atoms with Gasteiger partial charge in [0.2, 0.25) is 5.90 Å². The molecule has 8 nitrogen and oxygen atoms in total. The van der Waals surface area contributed by atoms with Crippen molar-refractivity contribution >= 4 is 29.2 Å². The van der Waals surface area contributed by atoms with E-state index in [9.17, 15) is 18.0 Å². The first-order valence-electron chi connectivity index (χ1n) is 10.6. The average molecular weight is 492 g/mol. The Hall–Kier alpha value is -4.80. The van der Waals surface area contributed by atoms with E-state index >= 15 is 0 Å². The molecule has 1 aliphatic heterocycles. The zero-order chi connectivity index (χ0) is 25.7. The van der Waals surface area contributed by atoms with E-state index in [-0.39, 0.29) is 28.9 Å². The summed E-state index contributed by atoms with van der Waals surface area (Å²) in [6, 6.07) is 13.9. The number of aromatic nitrogens is 1. The number of hydrogen-bond acceptors (Lipinski definition) is 6. The monoisotopic (exact) mass is 492 g/mol. The minimum Gasteiger partial charge on any atom is -0.438 e. The molecular formula is C25H19F3N6O2. The number of halogens is 3. The Morgan fingerprint density at radius 1 is 1.06 bits per heavy atom. The number of benzene rings is 2. The number of hydrogen-bond donors (Lipinski definition) is 3. The Morgan fingerprint density at radius 3 is 2.58 bits per heavy atom. The van der Waals surface area contributed by atoms with Crippen LogP contribution in [0.5, 0.6) is 5.75 Å². The van der Waals surface area contributed by atoms with Gasteiger partial charge in [-0.05, 0) is 42.5 Å². The highest BCUT2D eigenvalue weighted by molar-refractivity contribution is 6.30. The number of carbonyl (C=O) groups excluding carboxylic acids is 1. The zero-order valence-electron chi connectivity index (χ0n) is 18.8. The van der Waals surface area contributed by atoms with Crippen molar-refractivity contribution in [2.45, 2.75) is 6.18 Å². The Balaban J connectivity index is 1.58. The van der Waals surface area contributed by atoms with Gasteiger partial charge in [0.25, 0.3) is 5.91 Å². The fourth-order valence-electron chi connectivity index (χ4n) is 3.21. The standard InChI is InChI=1S/C25H19F3N6O2/c1-30-14-20-21(29)33-22(16-6-4-10-31-13-16)34-24(20)36-19-9-3-8-18(12-19)32-23(35)15-5-2-7-17(11-15)25(26,27)28/h2-14,29-30H,1H3,(H,32,35)/b20-14+,29-21?. The van der Waals surface area contributed by atoms with Crippen molar-refractivity contribution in [2.24, 2.45) is 9.98 Å². The van der Waals surface area contributed by atoms with Crippen LogP contribution >= 0.6 is 0 Å². The molecule has 0 spiro atoms. The molecule has 182 valence electrons. The Bertz CT molecular complexity index is 1400. The summed E-state index contributed by atoms with van der Waals surface area (Å²) in [5.41, 5.74) is 0.122. The van der Waals surface area contributed by atoms with Crippen LogP contribution in [0.15, 0.2) is 94.8 Å². The molecule has 1 aromatic heterocycles. The van der Waals surface area contributed by atoms with E-state index in [2.05, 4.69) is 25.6 Å². The van der Waals surface area contributed by atoms with Crippen LogP contribution in [0.4, 0.5) is 18.9 Å². The maximum Gasteiger partial charge on any atom is 0.416 e. The lowest BCUT2D eigenvalue weighted by Gasteiger charge is -2.17. The number of rotatable bonds is 5. The number of alkyl halides is 3. The average Bonchev–Trinajstić information content (AvgIpc) is 2.86. The molecule has 0 atom stereocenters. The Kier molecular flexibility index (Phi) is 6.91. The zero-order valence-corrected chi connectivity index (χ0v) is 18.8. The number of aliphatic imine (C=N–C) groups is 2. The van der Waals surface area contributed by atoms with Crippen molar-refractivity contribution in [1.82, 2.24) is 10.3 Å². The van der Waals surface area contributed by atoms with E-state index in [0.717, 1.165) is 12.1 Å². The highest BCUT2D eigenvalue weighted by Gasteiger charge is 2.31. The van der Waals surface area contributed by atoms with Gasteiger partial charge in [-0.1, -0.05) is 12.1 Å². The van der Waals surface area contributed by atoms with Crippen molar-refractivity contribution in [1.29, 1.82) is 5.41 Å². The molecule has 0 fully saturated rings. The summed E-state index contributed by atoms with van der Waals surface area (Å²) in [5, 5.41) is 13.7. The van der Waals surface area contributed by atoms with Crippen LogP contribution in [0.1, 0.15) is 21.5 Å². The second-order valence-corrected chi connectivity index (χ2v) is 7.45. The van der Waals surface area contributed by atoms with Gasteiger partial charge in [-0.15, -0.1) is 0 Å². The van der Waals surface area contributed by atoms with Gasteiger partial charge in [-0.25, -0.2) is 4.99 Å². The molecule has 2 aromatic carbocycles. The van der Waals surface area contributed by atoms with Gasteiger partial charge in [-0.2, -0.15) is 18.2 Å². The van der Waals surface area contributed by atoms with Crippen molar-refractivity contribution < 1.29 is 22.7 Å². The lowest BCUT2D eigenvalue weighted by Crippen LogP contribution is -2.26. The van der Waals surface area contributed by atoms with Gasteiger partial charge in [0, 0.05) is 48.5 Å². The van der Waals surface area contributed by atoms with Crippen LogP contribution in [0.25, 0.3) is 0 Å². The summed E-state index contributed by atoms with van der Waals surface area (Å²) < 4.78 is 44.9. The van der Waals surface area contributed by atoms with Gasteiger partial charge in [0.05, 0.1) is 11.1 Å². The topological polar surface area (TPSA) is 112 Å². The summed E-state index contributed by atoms with van der Waals surface area (Å²) in [4.78, 5) is 25.2. The Labute approximate surface area is 203 Å². The largest absolute Gasteiger partial charge is 0.438 e. The van der Waals surface area contributed by atoms with Crippen LogP contribution in [0, 0.1) is 5.41 Å². The SMILES string of the molecule is CN/C=C1\C(=N)N=C(c2cccnc2)N=C1Oc1cccc(NC(=O)c2cccc(C(F)(F)F)c2)c1. The highest BCUT2D eigenvalue weighted by Crippen LogP contribution is 2.30. The molecule has 1 amide bonds. The number of pyridine rings is 1. The minimum absolute atomic E-state index is 0.0813. The summed E-state index contributed by atoms with van der Waals surface area (Å²) in [7, 11) is 1.65. The molecule has 0 saturated carbocycles. The van der Waals surface area contributed by atoms with E-state index in [1.807, 2.05) is 0 Å². The quantitative estimate of drug-likeness (QED) is 0.481. The molecular weight excluding hydrogens is 473 g/mol. The molecule has 11 heteroatoms. The molecule has 36 heavy (non-hydrogen) atoms. The fourth-order valence-corrected chi connectivity index (χ4v) is 3.21. The second kappa shape index (κ2) is 10.2. The molecule has 3 N–H and O–H groups in total. The predicted molar refractivity (Wildman–Crippen MR) is 130 cm³/mol. The highest BCUT2D eigenvalue weighted by atomic mass is 19.4.